The average molecular weight is 441 g/mol. The SMILES string of the molecule is CC(=N)N1CCC(Oc2ccc3c(c2)nc(C)n3-c2ccc(C(=N)N)c3ccccc23)CC1. The lowest BCUT2D eigenvalue weighted by molar-refractivity contribution is 0.130. The van der Waals surface area contributed by atoms with Gasteiger partial charge in [-0.05, 0) is 43.5 Å². The number of ether oxygens (including phenoxy) is 1. The number of hydrogen-bond acceptors (Lipinski definition) is 4. The van der Waals surface area contributed by atoms with Crippen LogP contribution in [0.2, 0.25) is 0 Å². The molecule has 0 saturated carbocycles. The lowest BCUT2D eigenvalue weighted by Crippen LogP contribution is -2.40. The number of piperidine rings is 1. The summed E-state index contributed by atoms with van der Waals surface area (Å²) < 4.78 is 8.42. The molecule has 0 amide bonds. The zero-order valence-corrected chi connectivity index (χ0v) is 18.9. The van der Waals surface area contributed by atoms with E-state index in [0.717, 1.165) is 70.6 Å². The molecule has 0 unspecified atom stereocenters. The van der Waals surface area contributed by atoms with Crippen LogP contribution in [0.4, 0.5) is 0 Å². The number of aryl methyl sites for hydroxylation is 1. The zero-order chi connectivity index (χ0) is 23.1. The van der Waals surface area contributed by atoms with Crippen LogP contribution in [-0.2, 0) is 0 Å². The minimum atomic E-state index is 0.0633. The van der Waals surface area contributed by atoms with Gasteiger partial charge in [0, 0.05) is 42.9 Å². The van der Waals surface area contributed by atoms with Gasteiger partial charge in [-0.25, -0.2) is 4.98 Å². The Balaban J connectivity index is 1.49. The average Bonchev–Trinajstić information content (AvgIpc) is 3.13. The highest BCUT2D eigenvalue weighted by Gasteiger charge is 2.21. The maximum absolute atomic E-state index is 7.93. The third kappa shape index (κ3) is 3.80. The van der Waals surface area contributed by atoms with Crippen LogP contribution in [0.25, 0.3) is 27.5 Å². The van der Waals surface area contributed by atoms with E-state index in [1.807, 2.05) is 56.3 Å². The number of nitrogens with zero attached hydrogens (tertiary/aromatic N) is 3. The van der Waals surface area contributed by atoms with Crippen LogP contribution in [0, 0.1) is 17.7 Å². The summed E-state index contributed by atoms with van der Waals surface area (Å²) in [7, 11) is 0. The van der Waals surface area contributed by atoms with Gasteiger partial charge in [0.1, 0.15) is 23.5 Å². The Morgan fingerprint density at radius 1 is 1.03 bits per heavy atom. The third-order valence-electron chi connectivity index (χ3n) is 6.44. The van der Waals surface area contributed by atoms with Crippen LogP contribution < -0.4 is 10.5 Å². The van der Waals surface area contributed by atoms with Gasteiger partial charge in [-0.2, -0.15) is 0 Å². The number of aromatic nitrogens is 2. The number of nitrogens with one attached hydrogen (secondary N) is 2. The van der Waals surface area contributed by atoms with Crippen LogP contribution >= 0.6 is 0 Å². The predicted octanol–water partition coefficient (Wildman–Crippen LogP) is 4.61. The Bertz CT molecular complexity index is 1380. The quantitative estimate of drug-likeness (QED) is 0.318. The third-order valence-corrected chi connectivity index (χ3v) is 6.44. The molecule has 0 radical (unpaired) electrons. The lowest BCUT2D eigenvalue weighted by Gasteiger charge is -2.32. The molecular formula is C26H28N6O. The number of amidine groups is 2. The summed E-state index contributed by atoms with van der Waals surface area (Å²) in [6.45, 7) is 5.56. The van der Waals surface area contributed by atoms with Gasteiger partial charge in [-0.1, -0.05) is 24.3 Å². The van der Waals surface area contributed by atoms with E-state index in [-0.39, 0.29) is 11.9 Å². The summed E-state index contributed by atoms with van der Waals surface area (Å²) in [4.78, 5) is 6.92. The molecule has 0 atom stereocenters. The number of imidazole rings is 1. The molecular weight excluding hydrogens is 412 g/mol. The van der Waals surface area contributed by atoms with Crippen molar-refractivity contribution in [1.82, 2.24) is 14.5 Å². The first-order valence-electron chi connectivity index (χ1n) is 11.2. The topological polar surface area (TPSA) is 104 Å². The van der Waals surface area contributed by atoms with E-state index in [1.165, 1.54) is 0 Å². The summed E-state index contributed by atoms with van der Waals surface area (Å²) in [5.74, 6) is 2.40. The van der Waals surface area contributed by atoms with Crippen molar-refractivity contribution in [2.75, 3.05) is 13.1 Å². The molecule has 168 valence electrons. The molecule has 3 aromatic carbocycles. The molecule has 1 saturated heterocycles. The molecule has 1 fully saturated rings. The Hall–Kier alpha value is -3.87. The van der Waals surface area contributed by atoms with Gasteiger partial charge in [0.15, 0.2) is 0 Å². The second kappa shape index (κ2) is 8.24. The molecule has 7 heteroatoms. The van der Waals surface area contributed by atoms with Gasteiger partial charge in [-0.3, -0.25) is 15.4 Å². The van der Waals surface area contributed by atoms with E-state index in [9.17, 15) is 0 Å². The van der Waals surface area contributed by atoms with E-state index in [0.29, 0.717) is 5.84 Å². The zero-order valence-electron chi connectivity index (χ0n) is 18.9. The van der Waals surface area contributed by atoms with Gasteiger partial charge in [0.2, 0.25) is 0 Å². The first-order valence-corrected chi connectivity index (χ1v) is 11.2. The van der Waals surface area contributed by atoms with Crippen molar-refractivity contribution in [1.29, 1.82) is 10.8 Å². The maximum atomic E-state index is 7.93. The fraction of sp³-hybridized carbons (Fsp3) is 0.269. The highest BCUT2D eigenvalue weighted by atomic mass is 16.5. The number of hydrogen-bond donors (Lipinski definition) is 3. The smallest absolute Gasteiger partial charge is 0.123 e. The molecule has 0 spiro atoms. The fourth-order valence-electron chi connectivity index (χ4n) is 4.77. The second-order valence-electron chi connectivity index (χ2n) is 8.63. The standard InChI is InChI=1S/C26H28N6O/c1-16(27)31-13-11-18(12-14-31)33-19-7-9-25-23(15-19)30-17(2)32(25)24-10-8-22(26(28)29)20-5-3-4-6-21(20)24/h3-10,15,18,27H,11-14H2,1-2H3,(H3,28,29). The van der Waals surface area contributed by atoms with Crippen molar-refractivity contribution < 1.29 is 4.74 Å². The predicted molar refractivity (Wildman–Crippen MR) is 133 cm³/mol. The molecule has 1 aliphatic rings. The van der Waals surface area contributed by atoms with Crippen LogP contribution in [0.5, 0.6) is 5.75 Å². The first kappa shape index (κ1) is 21.0. The lowest BCUT2D eigenvalue weighted by atomic mass is 10.0. The van der Waals surface area contributed by atoms with Gasteiger partial charge < -0.3 is 15.4 Å². The minimum Gasteiger partial charge on any atom is -0.490 e. The van der Waals surface area contributed by atoms with Crippen molar-refractivity contribution >= 4 is 33.5 Å². The van der Waals surface area contributed by atoms with Crippen molar-refractivity contribution in [2.24, 2.45) is 5.73 Å². The second-order valence-corrected chi connectivity index (χ2v) is 8.63. The highest BCUT2D eigenvalue weighted by Crippen LogP contribution is 2.31. The molecule has 5 rings (SSSR count). The normalized spacial score (nSPS) is 14.7. The van der Waals surface area contributed by atoms with E-state index in [1.54, 1.807) is 0 Å². The molecule has 0 aliphatic carbocycles. The Labute approximate surface area is 192 Å². The molecule has 33 heavy (non-hydrogen) atoms. The van der Waals surface area contributed by atoms with E-state index in [2.05, 4.69) is 21.6 Å². The van der Waals surface area contributed by atoms with Gasteiger partial charge in [0.05, 0.1) is 22.6 Å². The number of likely N-dealkylation sites (tertiary alicyclic amines) is 1. The summed E-state index contributed by atoms with van der Waals surface area (Å²) in [5, 5.41) is 17.7. The van der Waals surface area contributed by atoms with E-state index in [4.69, 9.17) is 26.3 Å². The van der Waals surface area contributed by atoms with E-state index < -0.39 is 0 Å². The number of nitrogen functional groups attached to an aromatic ring is 1. The number of fused-ring (bicyclic) bond motifs is 2. The van der Waals surface area contributed by atoms with Gasteiger partial charge in [-0.15, -0.1) is 0 Å². The van der Waals surface area contributed by atoms with Crippen LogP contribution in [0.3, 0.4) is 0 Å². The Kier molecular flexibility index (Phi) is 5.24. The monoisotopic (exact) mass is 440 g/mol. The maximum Gasteiger partial charge on any atom is 0.123 e. The molecule has 2 heterocycles. The Morgan fingerprint density at radius 2 is 1.76 bits per heavy atom. The van der Waals surface area contributed by atoms with Crippen molar-refractivity contribution in [3.05, 3.63) is 66.0 Å². The molecule has 1 aromatic heterocycles. The molecule has 4 aromatic rings. The molecule has 0 bridgehead atoms. The van der Waals surface area contributed by atoms with Crippen molar-refractivity contribution in [3.63, 3.8) is 0 Å². The van der Waals surface area contributed by atoms with Crippen LogP contribution in [-0.4, -0.2) is 45.3 Å². The highest BCUT2D eigenvalue weighted by molar-refractivity contribution is 6.09. The summed E-state index contributed by atoms with van der Waals surface area (Å²) in [5.41, 5.74) is 9.46. The van der Waals surface area contributed by atoms with Crippen molar-refractivity contribution in [2.45, 2.75) is 32.8 Å². The van der Waals surface area contributed by atoms with Gasteiger partial charge in [0.25, 0.3) is 0 Å². The number of rotatable bonds is 4. The summed E-state index contributed by atoms with van der Waals surface area (Å²) in [6, 6.07) is 18.0. The molecule has 7 nitrogen and oxygen atoms in total. The Morgan fingerprint density at radius 3 is 2.45 bits per heavy atom. The summed E-state index contributed by atoms with van der Waals surface area (Å²) >= 11 is 0. The molecule has 4 N–H and O–H groups in total. The fourth-order valence-corrected chi connectivity index (χ4v) is 4.77. The largest absolute Gasteiger partial charge is 0.490 e. The van der Waals surface area contributed by atoms with Crippen LogP contribution in [0.1, 0.15) is 31.2 Å². The molecule has 1 aliphatic heterocycles. The minimum absolute atomic E-state index is 0.0633. The van der Waals surface area contributed by atoms with Crippen LogP contribution in [0.15, 0.2) is 54.6 Å². The first-order chi connectivity index (χ1) is 15.9. The number of nitrogens with two attached hydrogens (primary N) is 1. The van der Waals surface area contributed by atoms with Gasteiger partial charge >= 0.3 is 0 Å². The number of benzene rings is 3. The van der Waals surface area contributed by atoms with Crippen molar-refractivity contribution in [3.8, 4) is 11.4 Å². The summed E-state index contributed by atoms with van der Waals surface area (Å²) in [6.07, 6.45) is 1.98. The van der Waals surface area contributed by atoms with E-state index >= 15 is 0 Å².